The van der Waals surface area contributed by atoms with Crippen LogP contribution in [0.4, 0.5) is 0 Å². The Morgan fingerprint density at radius 3 is 1.33 bits per heavy atom. The van der Waals surface area contributed by atoms with Crippen LogP contribution in [-0.2, 0) is 6.42 Å². The third-order valence-electron chi connectivity index (χ3n) is 6.87. The van der Waals surface area contributed by atoms with Crippen LogP contribution in [0, 0.1) is 0 Å². The largest absolute Gasteiger partial charge is 0.491 e. The Bertz CT molecular complexity index is 1330. The number of benzene rings is 4. The van der Waals surface area contributed by atoms with Crippen molar-refractivity contribution in [3.8, 4) is 11.5 Å². The van der Waals surface area contributed by atoms with E-state index in [1.54, 1.807) is 0 Å². The molecule has 4 aromatic carbocycles. The SMILES string of the molecule is OCC(O)CSCC(O)COc1ccc2ccccc2c1Cc1c(OCC(O)CSCC(O)CO)ccc2ccccc12. The Morgan fingerprint density at radius 1 is 0.512 bits per heavy atom. The van der Waals surface area contributed by atoms with Crippen molar-refractivity contribution in [2.45, 2.75) is 30.8 Å². The molecule has 0 amide bonds. The highest BCUT2D eigenvalue weighted by atomic mass is 32.2. The van der Waals surface area contributed by atoms with E-state index in [0.29, 0.717) is 40.9 Å². The molecule has 0 spiro atoms. The zero-order valence-corrected chi connectivity index (χ0v) is 25.6. The van der Waals surface area contributed by atoms with Gasteiger partial charge in [0.1, 0.15) is 24.7 Å². The van der Waals surface area contributed by atoms with Gasteiger partial charge >= 0.3 is 0 Å². The van der Waals surface area contributed by atoms with Crippen molar-refractivity contribution >= 4 is 45.1 Å². The Hall–Kier alpha value is -2.54. The van der Waals surface area contributed by atoms with Crippen LogP contribution >= 0.6 is 23.5 Å². The van der Waals surface area contributed by atoms with Crippen molar-refractivity contribution < 1.29 is 40.1 Å². The molecule has 4 rings (SSSR count). The number of aliphatic hydroxyl groups excluding tert-OH is 6. The Balaban J connectivity index is 1.58. The maximum absolute atomic E-state index is 10.5. The van der Waals surface area contributed by atoms with Gasteiger partial charge in [0.15, 0.2) is 0 Å². The summed E-state index contributed by atoms with van der Waals surface area (Å²) in [5.41, 5.74) is 1.90. The molecule has 4 unspecified atom stereocenters. The van der Waals surface area contributed by atoms with Gasteiger partial charge in [-0.25, -0.2) is 0 Å². The minimum Gasteiger partial charge on any atom is -0.491 e. The molecular formula is C33H40O8S2. The molecule has 4 aromatic rings. The number of aliphatic hydroxyl groups is 6. The van der Waals surface area contributed by atoms with Crippen molar-refractivity contribution in [1.29, 1.82) is 0 Å². The van der Waals surface area contributed by atoms with Gasteiger partial charge in [-0.1, -0.05) is 60.7 Å². The molecular weight excluding hydrogens is 588 g/mol. The first-order valence-corrected chi connectivity index (χ1v) is 16.6. The average molecular weight is 629 g/mol. The normalized spacial score (nSPS) is 14.5. The second-order valence-corrected chi connectivity index (χ2v) is 12.5. The van der Waals surface area contributed by atoms with E-state index in [-0.39, 0.29) is 26.4 Å². The Morgan fingerprint density at radius 2 is 0.907 bits per heavy atom. The minimum atomic E-state index is -0.818. The van der Waals surface area contributed by atoms with Gasteiger partial charge in [-0.2, -0.15) is 23.5 Å². The number of fused-ring (bicyclic) bond motifs is 2. The van der Waals surface area contributed by atoms with Gasteiger partial charge in [0.2, 0.25) is 0 Å². The first-order chi connectivity index (χ1) is 20.9. The summed E-state index contributed by atoms with van der Waals surface area (Å²) in [5.74, 6) is 2.68. The first kappa shape index (κ1) is 33.4. The van der Waals surface area contributed by atoms with E-state index in [0.717, 1.165) is 32.7 Å². The van der Waals surface area contributed by atoms with Gasteiger partial charge in [-0.3, -0.25) is 0 Å². The average Bonchev–Trinajstić information content (AvgIpc) is 3.03. The summed E-state index contributed by atoms with van der Waals surface area (Å²) in [6.07, 6.45) is -2.68. The smallest absolute Gasteiger partial charge is 0.123 e. The van der Waals surface area contributed by atoms with E-state index >= 15 is 0 Å². The van der Waals surface area contributed by atoms with Gasteiger partial charge in [0.05, 0.1) is 37.6 Å². The molecule has 0 saturated heterocycles. The summed E-state index contributed by atoms with van der Waals surface area (Å²) in [5, 5.41) is 62.4. The summed E-state index contributed by atoms with van der Waals surface area (Å²) < 4.78 is 12.4. The van der Waals surface area contributed by atoms with Crippen molar-refractivity contribution in [2.24, 2.45) is 0 Å². The van der Waals surface area contributed by atoms with Crippen LogP contribution in [0.2, 0.25) is 0 Å². The molecule has 0 aromatic heterocycles. The fourth-order valence-electron chi connectivity index (χ4n) is 4.70. The zero-order chi connectivity index (χ0) is 30.6. The van der Waals surface area contributed by atoms with E-state index in [2.05, 4.69) is 0 Å². The second-order valence-electron chi connectivity index (χ2n) is 10.4. The summed E-state index contributed by atoms with van der Waals surface area (Å²) in [7, 11) is 0. The third-order valence-corrected chi connectivity index (χ3v) is 9.36. The molecule has 43 heavy (non-hydrogen) atoms. The summed E-state index contributed by atoms with van der Waals surface area (Å²) in [4.78, 5) is 0. The molecule has 6 N–H and O–H groups in total. The molecule has 0 aliphatic carbocycles. The van der Waals surface area contributed by atoms with Gasteiger partial charge in [0.25, 0.3) is 0 Å². The lowest BCUT2D eigenvalue weighted by Gasteiger charge is -2.20. The summed E-state index contributed by atoms with van der Waals surface area (Å²) >= 11 is 2.71. The molecule has 0 aliphatic heterocycles. The van der Waals surface area contributed by atoms with E-state index in [1.165, 1.54) is 23.5 Å². The van der Waals surface area contributed by atoms with Crippen LogP contribution in [0.25, 0.3) is 21.5 Å². The molecule has 0 aliphatic rings. The molecule has 0 radical (unpaired) electrons. The van der Waals surface area contributed by atoms with E-state index in [1.807, 2.05) is 72.8 Å². The van der Waals surface area contributed by atoms with Gasteiger partial charge in [0, 0.05) is 40.6 Å². The first-order valence-electron chi connectivity index (χ1n) is 14.3. The van der Waals surface area contributed by atoms with Crippen LogP contribution in [0.15, 0.2) is 72.8 Å². The van der Waals surface area contributed by atoms with Gasteiger partial charge in [-0.15, -0.1) is 0 Å². The second kappa shape index (κ2) is 17.1. The summed E-state index contributed by atoms with van der Waals surface area (Å²) in [6.45, 7) is -0.484. The van der Waals surface area contributed by atoms with Crippen LogP contribution in [0.1, 0.15) is 11.1 Å². The fourth-order valence-corrected chi connectivity index (χ4v) is 6.46. The van der Waals surface area contributed by atoms with Crippen molar-refractivity contribution in [1.82, 2.24) is 0 Å². The molecule has 0 saturated carbocycles. The zero-order valence-electron chi connectivity index (χ0n) is 23.9. The lowest BCUT2D eigenvalue weighted by molar-refractivity contribution is 0.112. The molecule has 0 fully saturated rings. The minimum absolute atomic E-state index is 0.0707. The monoisotopic (exact) mass is 628 g/mol. The number of hydrogen-bond donors (Lipinski definition) is 6. The van der Waals surface area contributed by atoms with Crippen molar-refractivity contribution in [3.63, 3.8) is 0 Å². The fraction of sp³-hybridized carbons (Fsp3) is 0.394. The quantitative estimate of drug-likeness (QED) is 0.0974. The predicted molar refractivity (Wildman–Crippen MR) is 175 cm³/mol. The maximum Gasteiger partial charge on any atom is 0.123 e. The van der Waals surface area contributed by atoms with E-state index in [9.17, 15) is 20.4 Å². The maximum atomic E-state index is 10.5. The number of ether oxygens (including phenoxy) is 2. The van der Waals surface area contributed by atoms with Crippen LogP contribution in [0.3, 0.4) is 0 Å². The van der Waals surface area contributed by atoms with Crippen molar-refractivity contribution in [3.05, 3.63) is 83.9 Å². The van der Waals surface area contributed by atoms with Crippen LogP contribution < -0.4 is 9.47 Å². The number of hydrogen-bond acceptors (Lipinski definition) is 10. The van der Waals surface area contributed by atoms with E-state index in [4.69, 9.17) is 19.7 Å². The topological polar surface area (TPSA) is 140 Å². The predicted octanol–water partition coefficient (Wildman–Crippen LogP) is 3.24. The Kier molecular flexibility index (Phi) is 13.2. The standard InChI is InChI=1S/C33H40O8S2/c34-14-24(36)18-42-20-26(38)16-40-32-11-9-22-5-1-3-7-28(22)30(32)13-31-29-8-4-2-6-23(29)10-12-33(31)41-17-27(39)21-43-19-25(37)15-35/h1-12,24-27,34-39H,13-21H2. The molecule has 8 nitrogen and oxygen atoms in total. The third kappa shape index (κ3) is 9.72. The molecule has 10 heteroatoms. The van der Waals surface area contributed by atoms with Gasteiger partial charge in [-0.05, 0) is 33.7 Å². The van der Waals surface area contributed by atoms with Crippen LogP contribution in [-0.4, -0.2) is 104 Å². The Labute approximate surface area is 260 Å². The number of thioether (sulfide) groups is 2. The van der Waals surface area contributed by atoms with Crippen LogP contribution in [0.5, 0.6) is 11.5 Å². The van der Waals surface area contributed by atoms with Crippen molar-refractivity contribution in [2.75, 3.05) is 49.4 Å². The molecule has 0 heterocycles. The summed E-state index contributed by atoms with van der Waals surface area (Å²) in [6, 6.07) is 23.9. The highest BCUT2D eigenvalue weighted by molar-refractivity contribution is 7.99. The molecule has 4 atom stereocenters. The molecule has 232 valence electrons. The number of rotatable bonds is 18. The highest BCUT2D eigenvalue weighted by Crippen LogP contribution is 2.36. The van der Waals surface area contributed by atoms with Gasteiger partial charge < -0.3 is 40.1 Å². The lowest BCUT2D eigenvalue weighted by atomic mass is 9.93. The van der Waals surface area contributed by atoms with E-state index < -0.39 is 24.4 Å². The molecule has 0 bridgehead atoms. The highest BCUT2D eigenvalue weighted by Gasteiger charge is 2.18. The lowest BCUT2D eigenvalue weighted by Crippen LogP contribution is -2.23.